The second kappa shape index (κ2) is 15.4. The van der Waals surface area contributed by atoms with Gasteiger partial charge in [-0.05, 0) is 31.7 Å². The first-order valence-corrected chi connectivity index (χ1v) is 16.5. The third kappa shape index (κ3) is 8.12. The van der Waals surface area contributed by atoms with E-state index >= 15 is 0 Å². The van der Waals surface area contributed by atoms with Crippen LogP contribution in [0.5, 0.6) is 0 Å². The van der Waals surface area contributed by atoms with E-state index in [0.29, 0.717) is 12.5 Å². The molecule has 0 radical (unpaired) electrons. The lowest BCUT2D eigenvalue weighted by Gasteiger charge is -2.49. The number of rotatable bonds is 12. The van der Waals surface area contributed by atoms with Crippen molar-refractivity contribution < 1.29 is 64.6 Å². The summed E-state index contributed by atoms with van der Waals surface area (Å²) in [4.78, 5) is 17.0. The third-order valence-electron chi connectivity index (χ3n) is 10.2. The van der Waals surface area contributed by atoms with Gasteiger partial charge >= 0.3 is 0 Å². The van der Waals surface area contributed by atoms with Gasteiger partial charge in [0.05, 0.1) is 24.7 Å². The summed E-state index contributed by atoms with van der Waals surface area (Å²) in [6.07, 6.45) is -16.9. The smallest absolute Gasteiger partial charge is 0.254 e. The van der Waals surface area contributed by atoms with Crippen molar-refractivity contribution in [2.45, 2.75) is 135 Å². The number of aliphatic imine (C=N–C) groups is 1. The van der Waals surface area contributed by atoms with Crippen molar-refractivity contribution in [2.75, 3.05) is 19.7 Å². The molecule has 0 aromatic carbocycles. The Hall–Kier alpha value is -1.90. The molecule has 5 fully saturated rings. The fourth-order valence-corrected chi connectivity index (χ4v) is 6.96. The van der Waals surface area contributed by atoms with Gasteiger partial charge < -0.3 is 99.1 Å². The van der Waals surface area contributed by atoms with Crippen LogP contribution < -0.4 is 39.3 Å². The number of nitrogens with zero attached hydrogens (tertiary/aromatic N) is 1. The average Bonchev–Trinajstić information content (AvgIpc) is 3.69. The predicted molar refractivity (Wildman–Crippen MR) is 165 cm³/mol. The fourth-order valence-electron chi connectivity index (χ4n) is 6.96. The number of nitrogens with one attached hydrogen (secondary N) is 2. The molecule has 2 unspecified atom stereocenters. The molecular weight excluding hydrogens is 656 g/mol. The molecule has 5 rings (SSSR count). The molecule has 3 saturated carbocycles. The zero-order chi connectivity index (χ0) is 35.9. The molecule has 2 aliphatic heterocycles. The van der Waals surface area contributed by atoms with Gasteiger partial charge in [-0.3, -0.25) is 4.79 Å². The molecule has 0 aromatic rings. The van der Waals surface area contributed by atoms with E-state index in [1.54, 1.807) is 0 Å². The minimum Gasteiger partial charge on any atom is -0.394 e. The average molecular weight is 709 g/mol. The molecule has 5 aliphatic rings. The molecule has 49 heavy (non-hydrogen) atoms. The highest BCUT2D eigenvalue weighted by molar-refractivity contribution is 5.90. The largest absolute Gasteiger partial charge is 0.394 e. The zero-order valence-corrected chi connectivity index (χ0v) is 26.8. The molecule has 2 saturated heterocycles. The SMILES string of the molecule is NC(N)=NC1CC1(O)C(=O)N[C@@H]1C[C@H](N)[C@@H](O[C@H]2O[C@H](CNCC3CC(N)C3)[C@@H](O)[C@H](O)[C@H]2O)[C@H](O)[C@H]1O[C@H]1O[C@H](CO)[C@@H](O)[C@H](N)[C@H]1O. The van der Waals surface area contributed by atoms with Crippen LogP contribution in [0.25, 0.3) is 0 Å². The van der Waals surface area contributed by atoms with Gasteiger partial charge in [0, 0.05) is 25.0 Å². The number of carbonyl (C=O) groups excluding carboxylic acids is 1. The topological polar surface area (TPSA) is 382 Å². The number of carbonyl (C=O) groups is 1. The van der Waals surface area contributed by atoms with Gasteiger partial charge in [-0.15, -0.1) is 0 Å². The van der Waals surface area contributed by atoms with Crippen LogP contribution in [0.3, 0.4) is 0 Å². The van der Waals surface area contributed by atoms with Crippen molar-refractivity contribution in [3.8, 4) is 0 Å². The highest BCUT2D eigenvalue weighted by Gasteiger charge is 2.61. The Balaban J connectivity index is 1.32. The van der Waals surface area contributed by atoms with E-state index in [4.69, 9.17) is 47.6 Å². The standard InChI is InChI=1S/C28H52N8O13/c29-9-1-8(2-9)5-34-6-12-17(39)19(41)20(42)25(46-12)48-22-10(30)3-11(35-26(44)28(45)4-14(28)36-27(32)33)23(21(22)43)49-24-18(40)15(31)16(38)13(7-37)47-24/h8-25,34,37-43,45H,1-7,29-31H2,(H,35,44)(H4,32,33,36)/t8?,9?,10-,11+,12+,13+,14?,15-,16+,17+,18+,19-,20+,21-,22+,23-,24+,25+,28?/m0/s1. The second-order valence-electron chi connectivity index (χ2n) is 13.9. The molecule has 2 heterocycles. The Kier molecular flexibility index (Phi) is 12.0. The van der Waals surface area contributed by atoms with Crippen LogP contribution in [-0.4, -0.2) is 182 Å². The Morgan fingerprint density at radius 1 is 0.816 bits per heavy atom. The van der Waals surface area contributed by atoms with Crippen molar-refractivity contribution in [1.82, 2.24) is 10.6 Å². The van der Waals surface area contributed by atoms with Gasteiger partial charge in [-0.2, -0.15) is 0 Å². The maximum Gasteiger partial charge on any atom is 0.254 e. The first-order chi connectivity index (χ1) is 23.0. The zero-order valence-electron chi connectivity index (χ0n) is 26.8. The van der Waals surface area contributed by atoms with Crippen LogP contribution in [0, 0.1) is 5.92 Å². The number of hydrogen-bond donors (Lipinski definition) is 15. The van der Waals surface area contributed by atoms with Crippen LogP contribution in [0.2, 0.25) is 0 Å². The highest BCUT2D eigenvalue weighted by Crippen LogP contribution is 2.40. The highest BCUT2D eigenvalue weighted by atomic mass is 16.7. The lowest BCUT2D eigenvalue weighted by atomic mass is 9.81. The van der Waals surface area contributed by atoms with E-state index in [1.165, 1.54) is 0 Å². The number of amides is 1. The van der Waals surface area contributed by atoms with Crippen LogP contribution >= 0.6 is 0 Å². The minimum atomic E-state index is -1.98. The van der Waals surface area contributed by atoms with E-state index in [1.807, 2.05) is 0 Å². The summed E-state index contributed by atoms with van der Waals surface area (Å²) in [5.41, 5.74) is 27.0. The summed E-state index contributed by atoms with van der Waals surface area (Å²) in [7, 11) is 0. The van der Waals surface area contributed by atoms with Crippen molar-refractivity contribution >= 4 is 11.9 Å². The molecule has 282 valence electrons. The summed E-state index contributed by atoms with van der Waals surface area (Å²) in [5, 5.41) is 90.9. The van der Waals surface area contributed by atoms with E-state index in [9.17, 15) is 45.6 Å². The normalized spacial score (nSPS) is 49.9. The molecule has 0 aromatic heterocycles. The molecule has 0 spiro atoms. The first kappa shape index (κ1) is 38.3. The van der Waals surface area contributed by atoms with E-state index in [0.717, 1.165) is 12.8 Å². The van der Waals surface area contributed by atoms with Crippen molar-refractivity contribution in [3.05, 3.63) is 0 Å². The van der Waals surface area contributed by atoms with Gasteiger partial charge in [-0.25, -0.2) is 4.99 Å². The van der Waals surface area contributed by atoms with Gasteiger partial charge in [-0.1, -0.05) is 0 Å². The Morgan fingerprint density at radius 2 is 1.45 bits per heavy atom. The first-order valence-electron chi connectivity index (χ1n) is 16.5. The number of nitrogens with two attached hydrogens (primary N) is 5. The molecule has 17 atom stereocenters. The predicted octanol–water partition coefficient (Wildman–Crippen LogP) is -8.99. The van der Waals surface area contributed by atoms with Gasteiger partial charge in [0.1, 0.15) is 61.0 Å². The molecule has 21 nitrogen and oxygen atoms in total. The van der Waals surface area contributed by atoms with Crippen molar-refractivity contribution in [1.29, 1.82) is 0 Å². The Morgan fingerprint density at radius 3 is 2.08 bits per heavy atom. The summed E-state index contributed by atoms with van der Waals surface area (Å²) >= 11 is 0. The molecular formula is C28H52N8O13. The fraction of sp³-hybridized carbons (Fsp3) is 0.929. The Bertz CT molecular complexity index is 1170. The number of ether oxygens (including phenoxy) is 4. The van der Waals surface area contributed by atoms with Crippen LogP contribution in [0.1, 0.15) is 25.7 Å². The van der Waals surface area contributed by atoms with E-state index < -0.39 is 116 Å². The van der Waals surface area contributed by atoms with Crippen LogP contribution in [0.15, 0.2) is 4.99 Å². The summed E-state index contributed by atoms with van der Waals surface area (Å²) in [6, 6.07) is -4.37. The monoisotopic (exact) mass is 708 g/mol. The quantitative estimate of drug-likeness (QED) is 0.0661. The maximum atomic E-state index is 13.2. The summed E-state index contributed by atoms with van der Waals surface area (Å²) in [6.45, 7) is -0.00799. The Labute approximate surface area is 281 Å². The van der Waals surface area contributed by atoms with E-state index in [-0.39, 0.29) is 31.4 Å². The number of aliphatic hydroxyl groups is 8. The van der Waals surface area contributed by atoms with Gasteiger partial charge in [0.15, 0.2) is 24.1 Å². The maximum absolute atomic E-state index is 13.2. The van der Waals surface area contributed by atoms with Crippen molar-refractivity contribution in [2.24, 2.45) is 39.6 Å². The summed E-state index contributed by atoms with van der Waals surface area (Å²) < 4.78 is 23.3. The second-order valence-corrected chi connectivity index (χ2v) is 13.9. The van der Waals surface area contributed by atoms with Crippen molar-refractivity contribution in [3.63, 3.8) is 0 Å². The lowest BCUT2D eigenvalue weighted by molar-refractivity contribution is -0.333. The van der Waals surface area contributed by atoms with Crippen LogP contribution in [0.4, 0.5) is 0 Å². The molecule has 20 N–H and O–H groups in total. The molecule has 21 heteroatoms. The van der Waals surface area contributed by atoms with E-state index in [2.05, 4.69) is 15.6 Å². The summed E-state index contributed by atoms with van der Waals surface area (Å²) in [5.74, 6) is -0.891. The van der Waals surface area contributed by atoms with Gasteiger partial charge in [0.25, 0.3) is 5.91 Å². The number of guanidine groups is 1. The molecule has 0 bridgehead atoms. The van der Waals surface area contributed by atoms with Gasteiger partial charge in [0.2, 0.25) is 0 Å². The third-order valence-corrected chi connectivity index (χ3v) is 10.2. The molecule has 1 amide bonds. The van der Waals surface area contributed by atoms with Crippen LogP contribution in [-0.2, 0) is 23.7 Å². The lowest BCUT2D eigenvalue weighted by Crippen LogP contribution is -2.69. The number of hydrogen-bond acceptors (Lipinski definition) is 18. The minimum absolute atomic E-state index is 0.0917. The molecule has 3 aliphatic carbocycles. The number of aliphatic hydroxyl groups excluding tert-OH is 7.